The molecule has 0 aliphatic rings. The molecule has 4 heteroatoms. The number of ketones is 1. The van der Waals surface area contributed by atoms with Crippen LogP contribution in [-0.4, -0.2) is 20.5 Å². The Morgan fingerprint density at radius 1 is 1.50 bits per heavy atom. The second-order valence-corrected chi connectivity index (χ2v) is 3.76. The van der Waals surface area contributed by atoms with Crippen LogP contribution in [0.2, 0.25) is 0 Å². The maximum Gasteiger partial charge on any atom is 0.185 e. The molecule has 0 radical (unpaired) electrons. The van der Waals surface area contributed by atoms with Crippen LogP contribution in [0.3, 0.4) is 0 Å². The zero-order chi connectivity index (χ0) is 11.5. The van der Waals surface area contributed by atoms with Gasteiger partial charge in [-0.25, -0.2) is 0 Å². The number of Topliss-reactive ketones (excluding diaryl/α,β-unsaturated/α-hetero) is 1. The van der Waals surface area contributed by atoms with Gasteiger partial charge >= 0.3 is 0 Å². The quantitative estimate of drug-likeness (QED) is 0.730. The van der Waals surface area contributed by atoms with E-state index in [1.54, 1.807) is 30.2 Å². The highest BCUT2D eigenvalue weighted by Crippen LogP contribution is 2.07. The fourth-order valence-electron chi connectivity index (χ4n) is 1.65. The first kappa shape index (κ1) is 10.5. The molecule has 2 aromatic heterocycles. The summed E-state index contributed by atoms with van der Waals surface area (Å²) in [5.41, 5.74) is 2.42. The Morgan fingerprint density at radius 2 is 2.31 bits per heavy atom. The summed E-state index contributed by atoms with van der Waals surface area (Å²) in [6.07, 6.45) is 3.77. The van der Waals surface area contributed by atoms with Gasteiger partial charge in [-0.2, -0.15) is 5.10 Å². The van der Waals surface area contributed by atoms with E-state index in [-0.39, 0.29) is 5.78 Å². The van der Waals surface area contributed by atoms with Crippen LogP contribution in [0.5, 0.6) is 0 Å². The molecule has 0 atom stereocenters. The van der Waals surface area contributed by atoms with Gasteiger partial charge in [0.25, 0.3) is 0 Å². The molecular weight excluding hydrogens is 202 g/mol. The Hall–Kier alpha value is -1.97. The van der Waals surface area contributed by atoms with Crippen molar-refractivity contribution >= 4 is 5.78 Å². The summed E-state index contributed by atoms with van der Waals surface area (Å²) in [7, 11) is 1.78. The maximum atomic E-state index is 12.0. The van der Waals surface area contributed by atoms with E-state index in [2.05, 4.69) is 10.1 Å². The highest BCUT2D eigenvalue weighted by molar-refractivity contribution is 5.96. The third-order valence-corrected chi connectivity index (χ3v) is 2.38. The summed E-state index contributed by atoms with van der Waals surface area (Å²) in [5.74, 6) is 0.0658. The number of rotatable bonds is 3. The maximum absolute atomic E-state index is 12.0. The fraction of sp³-hybridized carbons (Fsp3) is 0.250. The second-order valence-electron chi connectivity index (χ2n) is 3.76. The van der Waals surface area contributed by atoms with Crippen LogP contribution < -0.4 is 0 Å². The number of aromatic nitrogens is 3. The smallest absolute Gasteiger partial charge is 0.185 e. The molecular formula is C12H13N3O. The SMILES string of the molecule is Cc1cc(C(=O)Cc2cccnc2)n(C)n1. The minimum atomic E-state index is 0.0658. The number of hydrogen-bond acceptors (Lipinski definition) is 3. The minimum absolute atomic E-state index is 0.0658. The fourth-order valence-corrected chi connectivity index (χ4v) is 1.65. The third kappa shape index (κ3) is 2.16. The van der Waals surface area contributed by atoms with Gasteiger partial charge in [-0.1, -0.05) is 6.07 Å². The molecule has 2 heterocycles. The first-order chi connectivity index (χ1) is 7.66. The van der Waals surface area contributed by atoms with Gasteiger partial charge in [0.1, 0.15) is 5.69 Å². The van der Waals surface area contributed by atoms with Crippen LogP contribution >= 0.6 is 0 Å². The van der Waals surface area contributed by atoms with Crippen LogP contribution in [0.4, 0.5) is 0 Å². The topological polar surface area (TPSA) is 47.8 Å². The molecule has 2 aromatic rings. The Bertz CT molecular complexity index is 502. The van der Waals surface area contributed by atoms with E-state index < -0.39 is 0 Å². The normalized spacial score (nSPS) is 10.4. The van der Waals surface area contributed by atoms with Crippen molar-refractivity contribution in [3.63, 3.8) is 0 Å². The van der Waals surface area contributed by atoms with Crippen molar-refractivity contribution in [2.24, 2.45) is 7.05 Å². The Kier molecular flexibility index (Phi) is 2.81. The highest BCUT2D eigenvalue weighted by atomic mass is 16.1. The average molecular weight is 215 g/mol. The summed E-state index contributed by atoms with van der Waals surface area (Å²) < 4.78 is 1.62. The van der Waals surface area contributed by atoms with Crippen LogP contribution in [0.25, 0.3) is 0 Å². The first-order valence-corrected chi connectivity index (χ1v) is 5.09. The van der Waals surface area contributed by atoms with Crippen molar-refractivity contribution in [1.82, 2.24) is 14.8 Å². The minimum Gasteiger partial charge on any atom is -0.292 e. The zero-order valence-electron chi connectivity index (χ0n) is 9.34. The van der Waals surface area contributed by atoms with Crippen LogP contribution in [0.1, 0.15) is 21.7 Å². The van der Waals surface area contributed by atoms with Crippen molar-refractivity contribution in [2.45, 2.75) is 13.3 Å². The van der Waals surface area contributed by atoms with E-state index in [1.807, 2.05) is 19.1 Å². The summed E-state index contributed by atoms with van der Waals surface area (Å²) in [6.45, 7) is 1.88. The zero-order valence-corrected chi connectivity index (χ0v) is 9.34. The van der Waals surface area contributed by atoms with E-state index in [4.69, 9.17) is 0 Å². The molecule has 0 aliphatic carbocycles. The molecule has 0 fully saturated rings. The molecule has 0 saturated carbocycles. The first-order valence-electron chi connectivity index (χ1n) is 5.09. The number of carbonyl (C=O) groups is 1. The van der Waals surface area contributed by atoms with E-state index in [9.17, 15) is 4.79 Å². The van der Waals surface area contributed by atoms with Gasteiger partial charge in [0.05, 0.1) is 5.69 Å². The van der Waals surface area contributed by atoms with Gasteiger partial charge in [-0.15, -0.1) is 0 Å². The van der Waals surface area contributed by atoms with Gasteiger partial charge in [0.15, 0.2) is 5.78 Å². The van der Waals surface area contributed by atoms with Gasteiger partial charge < -0.3 is 0 Å². The Labute approximate surface area is 93.9 Å². The summed E-state index contributed by atoms with van der Waals surface area (Å²) >= 11 is 0. The predicted molar refractivity (Wildman–Crippen MR) is 60.2 cm³/mol. The molecule has 0 amide bonds. The van der Waals surface area contributed by atoms with Crippen molar-refractivity contribution in [2.75, 3.05) is 0 Å². The van der Waals surface area contributed by atoms with Gasteiger partial charge in [-0.05, 0) is 24.6 Å². The number of carbonyl (C=O) groups excluding carboxylic acids is 1. The largest absolute Gasteiger partial charge is 0.292 e. The number of aryl methyl sites for hydroxylation is 2. The van der Waals surface area contributed by atoms with E-state index in [0.29, 0.717) is 12.1 Å². The van der Waals surface area contributed by atoms with E-state index in [1.165, 1.54) is 0 Å². The van der Waals surface area contributed by atoms with Gasteiger partial charge in [0.2, 0.25) is 0 Å². The molecule has 0 unspecified atom stereocenters. The van der Waals surface area contributed by atoms with Crippen LogP contribution in [-0.2, 0) is 13.5 Å². The molecule has 0 spiro atoms. The molecule has 4 nitrogen and oxygen atoms in total. The van der Waals surface area contributed by atoms with Crippen LogP contribution in [0, 0.1) is 6.92 Å². The molecule has 0 aliphatic heterocycles. The van der Waals surface area contributed by atoms with Crippen molar-refractivity contribution in [3.8, 4) is 0 Å². The molecule has 16 heavy (non-hydrogen) atoms. The van der Waals surface area contributed by atoms with Gasteiger partial charge in [-0.3, -0.25) is 14.5 Å². The monoisotopic (exact) mass is 215 g/mol. The lowest BCUT2D eigenvalue weighted by molar-refractivity contribution is 0.0984. The summed E-state index contributed by atoms with van der Waals surface area (Å²) in [5, 5.41) is 4.15. The molecule has 0 saturated heterocycles. The molecule has 2 rings (SSSR count). The Morgan fingerprint density at radius 3 is 2.88 bits per heavy atom. The van der Waals surface area contributed by atoms with Crippen LogP contribution in [0.15, 0.2) is 30.6 Å². The molecule has 82 valence electrons. The number of hydrogen-bond donors (Lipinski definition) is 0. The van der Waals surface area contributed by atoms with Crippen molar-refractivity contribution < 1.29 is 4.79 Å². The number of nitrogens with zero attached hydrogens (tertiary/aromatic N) is 3. The van der Waals surface area contributed by atoms with Crippen molar-refractivity contribution in [1.29, 1.82) is 0 Å². The third-order valence-electron chi connectivity index (χ3n) is 2.38. The van der Waals surface area contributed by atoms with E-state index in [0.717, 1.165) is 11.3 Å². The molecule has 0 aromatic carbocycles. The summed E-state index contributed by atoms with van der Waals surface area (Å²) in [6, 6.07) is 5.53. The standard InChI is InChI=1S/C12H13N3O/c1-9-6-11(15(2)14-9)12(16)7-10-4-3-5-13-8-10/h3-6,8H,7H2,1-2H3. The molecule has 0 bridgehead atoms. The lowest BCUT2D eigenvalue weighted by Gasteiger charge is -2.00. The van der Waals surface area contributed by atoms with Crippen molar-refractivity contribution in [3.05, 3.63) is 47.5 Å². The Balaban J connectivity index is 2.18. The predicted octanol–water partition coefficient (Wildman–Crippen LogP) is 1.55. The van der Waals surface area contributed by atoms with E-state index >= 15 is 0 Å². The number of pyridine rings is 1. The molecule has 0 N–H and O–H groups in total. The lowest BCUT2D eigenvalue weighted by atomic mass is 10.1. The lowest BCUT2D eigenvalue weighted by Crippen LogP contribution is -2.09. The summed E-state index contributed by atoms with van der Waals surface area (Å²) in [4.78, 5) is 15.9. The van der Waals surface area contributed by atoms with Gasteiger partial charge in [0, 0.05) is 25.9 Å². The highest BCUT2D eigenvalue weighted by Gasteiger charge is 2.12. The average Bonchev–Trinajstić information content (AvgIpc) is 2.59. The second kappa shape index (κ2) is 4.26.